The Morgan fingerprint density at radius 1 is 1.12 bits per heavy atom. The van der Waals surface area contributed by atoms with Crippen LogP contribution in [-0.4, -0.2) is 28.6 Å². The van der Waals surface area contributed by atoms with Crippen LogP contribution in [0.15, 0.2) is 24.3 Å². The van der Waals surface area contributed by atoms with Crippen LogP contribution in [0.4, 0.5) is 0 Å². The van der Waals surface area contributed by atoms with E-state index in [0.29, 0.717) is 5.75 Å². The van der Waals surface area contributed by atoms with Crippen molar-refractivity contribution in [3.63, 3.8) is 0 Å². The molecule has 1 aromatic rings. The summed E-state index contributed by atoms with van der Waals surface area (Å²) in [5, 5.41) is 9.32. The van der Waals surface area contributed by atoms with Gasteiger partial charge in [-0.15, -0.1) is 11.6 Å². The van der Waals surface area contributed by atoms with Crippen LogP contribution >= 0.6 is 19.4 Å². The number of hydrogen-bond acceptors (Lipinski definition) is 4. The number of halogens is 1. The van der Waals surface area contributed by atoms with Gasteiger partial charge in [0.15, 0.2) is 0 Å². The molecule has 144 valence electrons. The van der Waals surface area contributed by atoms with Gasteiger partial charge in [-0.2, -0.15) is 0 Å². The number of aliphatic hydroxyl groups is 1. The summed E-state index contributed by atoms with van der Waals surface area (Å²) >= 11 is 5.43. The van der Waals surface area contributed by atoms with Crippen molar-refractivity contribution in [2.45, 2.75) is 64.4 Å². The molecule has 0 saturated heterocycles. The van der Waals surface area contributed by atoms with Gasteiger partial charge in [-0.1, -0.05) is 63.6 Å². The van der Waals surface area contributed by atoms with E-state index in [1.54, 1.807) is 12.1 Å². The number of hydrogen-bond donors (Lipinski definition) is 2. The summed E-state index contributed by atoms with van der Waals surface area (Å²) < 4.78 is 21.9. The van der Waals surface area contributed by atoms with Crippen molar-refractivity contribution in [3.8, 4) is 5.75 Å². The molecule has 0 bridgehead atoms. The highest BCUT2D eigenvalue weighted by Gasteiger charge is 2.25. The molecule has 7 heteroatoms. The molecule has 25 heavy (non-hydrogen) atoms. The topological polar surface area (TPSA) is 76.0 Å². The summed E-state index contributed by atoms with van der Waals surface area (Å²) in [6.07, 6.45) is 8.21. The van der Waals surface area contributed by atoms with Crippen molar-refractivity contribution < 1.29 is 23.6 Å². The molecule has 2 unspecified atom stereocenters. The fourth-order valence-electron chi connectivity index (χ4n) is 2.45. The van der Waals surface area contributed by atoms with Gasteiger partial charge in [0.25, 0.3) is 0 Å². The first-order valence-electron chi connectivity index (χ1n) is 8.97. The highest BCUT2D eigenvalue weighted by Crippen LogP contribution is 2.45. The minimum absolute atomic E-state index is 0.0746. The quantitative estimate of drug-likeness (QED) is 0.262. The second-order valence-electron chi connectivity index (χ2n) is 6.14. The lowest BCUT2D eigenvalue weighted by molar-refractivity contribution is 0.101. The highest BCUT2D eigenvalue weighted by atomic mass is 35.5. The minimum Gasteiger partial charge on any atom is -0.404 e. The number of aliphatic hydroxyl groups excluding tert-OH is 1. The van der Waals surface area contributed by atoms with Gasteiger partial charge in [0, 0.05) is 0 Å². The molecule has 0 saturated carbocycles. The number of unbranched alkanes of at least 4 members (excludes halogenated alkanes) is 6. The molecule has 0 heterocycles. The van der Waals surface area contributed by atoms with Crippen molar-refractivity contribution >= 4 is 19.4 Å². The second-order valence-corrected chi connectivity index (χ2v) is 7.83. The van der Waals surface area contributed by atoms with Crippen LogP contribution in [0.2, 0.25) is 0 Å². The van der Waals surface area contributed by atoms with Gasteiger partial charge in [0.1, 0.15) is 5.75 Å². The Morgan fingerprint density at radius 2 is 1.76 bits per heavy atom. The van der Waals surface area contributed by atoms with Crippen molar-refractivity contribution in [2.75, 3.05) is 12.5 Å². The van der Waals surface area contributed by atoms with E-state index in [9.17, 15) is 14.6 Å². The summed E-state index contributed by atoms with van der Waals surface area (Å²) in [4.78, 5) is 9.79. The zero-order valence-electron chi connectivity index (χ0n) is 14.9. The third-order valence-electron chi connectivity index (χ3n) is 3.84. The third kappa shape index (κ3) is 10.2. The zero-order chi connectivity index (χ0) is 18.5. The molecule has 1 rings (SSSR count). The predicted molar refractivity (Wildman–Crippen MR) is 101 cm³/mol. The Morgan fingerprint density at radius 3 is 2.44 bits per heavy atom. The van der Waals surface area contributed by atoms with Gasteiger partial charge in [-0.05, 0) is 24.5 Å². The Bertz CT molecular complexity index is 526. The third-order valence-corrected chi connectivity index (χ3v) is 5.10. The first-order valence-corrected chi connectivity index (χ1v) is 11.0. The molecule has 0 amide bonds. The molecular weight excluding hydrogens is 363 g/mol. The zero-order valence-corrected chi connectivity index (χ0v) is 16.6. The number of phosphoric acid groups is 1. The Kier molecular flexibility index (Phi) is 11.4. The van der Waals surface area contributed by atoms with E-state index in [2.05, 4.69) is 6.92 Å². The SMILES string of the molecule is CCCCCCCCCc1ccccc1OP(=O)(O)OCC(O)CCl. The van der Waals surface area contributed by atoms with Gasteiger partial charge >= 0.3 is 7.82 Å². The molecule has 0 aliphatic rings. The van der Waals surface area contributed by atoms with Gasteiger partial charge < -0.3 is 9.63 Å². The Balaban J connectivity index is 2.46. The number of aryl methyl sites for hydroxylation is 1. The standard InChI is InChI=1S/C18H30ClO5P/c1-2-3-4-5-6-7-8-11-16-12-9-10-13-18(16)24-25(21,22)23-15-17(20)14-19/h9-10,12-13,17,20H,2-8,11,14-15H2,1H3,(H,21,22). The molecular formula is C18H30ClO5P. The lowest BCUT2D eigenvalue weighted by Crippen LogP contribution is -2.16. The summed E-state index contributed by atoms with van der Waals surface area (Å²) in [5.41, 5.74) is 0.881. The average Bonchev–Trinajstić information content (AvgIpc) is 2.60. The van der Waals surface area contributed by atoms with E-state index < -0.39 is 13.9 Å². The molecule has 1 aromatic carbocycles. The van der Waals surface area contributed by atoms with Crippen molar-refractivity contribution in [2.24, 2.45) is 0 Å². The molecule has 5 nitrogen and oxygen atoms in total. The maximum Gasteiger partial charge on any atom is 0.527 e. The van der Waals surface area contributed by atoms with E-state index >= 15 is 0 Å². The molecule has 2 N–H and O–H groups in total. The van der Waals surface area contributed by atoms with E-state index in [-0.39, 0.29) is 12.5 Å². The molecule has 0 fully saturated rings. The number of benzene rings is 1. The van der Waals surface area contributed by atoms with Gasteiger partial charge in [-0.3, -0.25) is 9.42 Å². The average molecular weight is 393 g/mol. The first kappa shape index (κ1) is 22.5. The monoisotopic (exact) mass is 392 g/mol. The Labute approximate surface area is 155 Å². The summed E-state index contributed by atoms with van der Waals surface area (Å²) in [7, 11) is -4.28. The van der Waals surface area contributed by atoms with E-state index in [1.165, 1.54) is 32.1 Å². The van der Waals surface area contributed by atoms with Gasteiger partial charge in [0.2, 0.25) is 0 Å². The van der Waals surface area contributed by atoms with Gasteiger partial charge in [-0.25, -0.2) is 4.57 Å². The van der Waals surface area contributed by atoms with Crippen LogP contribution in [0.1, 0.15) is 57.4 Å². The largest absolute Gasteiger partial charge is 0.527 e. The lowest BCUT2D eigenvalue weighted by atomic mass is 10.0. The van der Waals surface area contributed by atoms with Crippen LogP contribution in [0.25, 0.3) is 0 Å². The van der Waals surface area contributed by atoms with E-state index in [1.807, 2.05) is 12.1 Å². The minimum atomic E-state index is -4.28. The number of phosphoric ester groups is 1. The van der Waals surface area contributed by atoms with E-state index in [4.69, 9.17) is 20.6 Å². The van der Waals surface area contributed by atoms with Crippen LogP contribution in [-0.2, 0) is 15.5 Å². The lowest BCUT2D eigenvalue weighted by Gasteiger charge is -2.16. The number of alkyl halides is 1. The normalized spacial score (nSPS) is 14.9. The predicted octanol–water partition coefficient (Wildman–Crippen LogP) is 5.08. The molecule has 0 aromatic heterocycles. The van der Waals surface area contributed by atoms with E-state index in [0.717, 1.165) is 24.8 Å². The second kappa shape index (κ2) is 12.7. The van der Waals surface area contributed by atoms with Crippen LogP contribution in [0, 0.1) is 0 Å². The first-order chi connectivity index (χ1) is 12.0. The van der Waals surface area contributed by atoms with Gasteiger partial charge in [0.05, 0.1) is 18.6 Å². The van der Waals surface area contributed by atoms with Crippen molar-refractivity contribution in [1.82, 2.24) is 0 Å². The molecule has 0 aliphatic heterocycles. The smallest absolute Gasteiger partial charge is 0.404 e. The van der Waals surface area contributed by atoms with Crippen LogP contribution in [0.5, 0.6) is 5.75 Å². The Hall–Kier alpha value is -0.580. The fraction of sp³-hybridized carbons (Fsp3) is 0.667. The van der Waals surface area contributed by atoms with Crippen LogP contribution in [0.3, 0.4) is 0 Å². The summed E-state index contributed by atoms with van der Waals surface area (Å²) in [6.45, 7) is 1.86. The molecule has 0 radical (unpaired) electrons. The summed E-state index contributed by atoms with van der Waals surface area (Å²) in [6, 6.07) is 7.17. The number of para-hydroxylation sites is 1. The number of rotatable bonds is 14. The van der Waals surface area contributed by atoms with Crippen LogP contribution < -0.4 is 4.52 Å². The molecule has 2 atom stereocenters. The van der Waals surface area contributed by atoms with Crippen molar-refractivity contribution in [3.05, 3.63) is 29.8 Å². The highest BCUT2D eigenvalue weighted by molar-refractivity contribution is 7.47. The van der Waals surface area contributed by atoms with Crippen molar-refractivity contribution in [1.29, 1.82) is 0 Å². The fourth-order valence-corrected chi connectivity index (χ4v) is 3.38. The maximum absolute atomic E-state index is 12.0. The molecule has 0 spiro atoms. The summed E-state index contributed by atoms with van der Waals surface area (Å²) in [5.74, 6) is 0.272. The maximum atomic E-state index is 12.0. The molecule has 0 aliphatic carbocycles.